The number of H-pyrrole nitrogens is 1. The number of likely N-dealkylation sites (tertiary alicyclic amines) is 1. The molecule has 1 aliphatic heterocycles. The van der Waals surface area contributed by atoms with Gasteiger partial charge in [0.15, 0.2) is 0 Å². The van der Waals surface area contributed by atoms with E-state index in [9.17, 15) is 13.6 Å². The molecule has 122 valence electrons. The van der Waals surface area contributed by atoms with E-state index in [1.54, 1.807) is 16.7 Å². The number of hydrogen-bond acceptors (Lipinski definition) is 3. The molecular formula is C16H17F2N3OS. The SMILES string of the molecule is CSCC1CCN(C(=O)c2cn[nH]c2-c2c(F)cccc2F)C1. The Morgan fingerprint density at radius 2 is 2.17 bits per heavy atom. The van der Waals surface area contributed by atoms with Crippen LogP contribution in [0.4, 0.5) is 8.78 Å². The first kappa shape index (κ1) is 16.0. The third kappa shape index (κ3) is 3.10. The maximum Gasteiger partial charge on any atom is 0.257 e. The van der Waals surface area contributed by atoms with Crippen molar-refractivity contribution in [1.29, 1.82) is 0 Å². The van der Waals surface area contributed by atoms with Crippen LogP contribution in [0.5, 0.6) is 0 Å². The van der Waals surface area contributed by atoms with E-state index in [1.165, 1.54) is 12.3 Å². The Kier molecular flexibility index (Phi) is 4.66. The second-order valence-electron chi connectivity index (χ2n) is 5.62. The summed E-state index contributed by atoms with van der Waals surface area (Å²) < 4.78 is 28.0. The molecule has 0 saturated carbocycles. The summed E-state index contributed by atoms with van der Waals surface area (Å²) in [6.45, 7) is 1.33. The van der Waals surface area contributed by atoms with Crippen molar-refractivity contribution in [2.45, 2.75) is 6.42 Å². The summed E-state index contributed by atoms with van der Waals surface area (Å²) in [4.78, 5) is 14.4. The number of halogens is 2. The molecule has 1 saturated heterocycles. The van der Waals surface area contributed by atoms with Gasteiger partial charge in [-0.05, 0) is 36.5 Å². The number of thioether (sulfide) groups is 1. The van der Waals surface area contributed by atoms with E-state index in [-0.39, 0.29) is 22.7 Å². The number of hydrogen-bond donors (Lipinski definition) is 1. The van der Waals surface area contributed by atoms with Crippen LogP contribution in [0.3, 0.4) is 0 Å². The molecule has 1 aromatic heterocycles. The lowest BCUT2D eigenvalue weighted by Gasteiger charge is -2.16. The van der Waals surface area contributed by atoms with Crippen molar-refractivity contribution in [1.82, 2.24) is 15.1 Å². The third-order valence-electron chi connectivity index (χ3n) is 4.06. The largest absolute Gasteiger partial charge is 0.338 e. The Bertz CT molecular complexity index is 699. The summed E-state index contributed by atoms with van der Waals surface area (Å²) in [6, 6.07) is 3.62. The molecule has 1 aliphatic rings. The highest BCUT2D eigenvalue weighted by atomic mass is 32.2. The number of amides is 1. The van der Waals surface area contributed by atoms with Crippen LogP contribution in [0.1, 0.15) is 16.8 Å². The number of nitrogens with one attached hydrogen (secondary N) is 1. The molecule has 1 N–H and O–H groups in total. The predicted octanol–water partition coefficient (Wildman–Crippen LogP) is 3.18. The van der Waals surface area contributed by atoms with Gasteiger partial charge in [0.25, 0.3) is 5.91 Å². The van der Waals surface area contributed by atoms with E-state index in [1.807, 2.05) is 6.26 Å². The molecule has 1 aromatic carbocycles. The van der Waals surface area contributed by atoms with Crippen LogP contribution < -0.4 is 0 Å². The van der Waals surface area contributed by atoms with Gasteiger partial charge >= 0.3 is 0 Å². The van der Waals surface area contributed by atoms with Gasteiger partial charge in [-0.1, -0.05) is 6.07 Å². The molecule has 1 atom stereocenters. The van der Waals surface area contributed by atoms with Gasteiger partial charge in [-0.15, -0.1) is 0 Å². The Morgan fingerprint density at radius 1 is 1.43 bits per heavy atom. The lowest BCUT2D eigenvalue weighted by Crippen LogP contribution is -2.29. The van der Waals surface area contributed by atoms with Crippen LogP contribution in [-0.2, 0) is 0 Å². The molecule has 0 aliphatic carbocycles. The van der Waals surface area contributed by atoms with Gasteiger partial charge in [0.1, 0.15) is 11.6 Å². The Morgan fingerprint density at radius 3 is 2.87 bits per heavy atom. The summed E-state index contributed by atoms with van der Waals surface area (Å²) in [5, 5.41) is 6.38. The number of aromatic nitrogens is 2. The average molecular weight is 337 g/mol. The monoisotopic (exact) mass is 337 g/mol. The smallest absolute Gasteiger partial charge is 0.257 e. The van der Waals surface area contributed by atoms with Crippen molar-refractivity contribution in [2.24, 2.45) is 5.92 Å². The van der Waals surface area contributed by atoms with E-state index in [2.05, 4.69) is 10.2 Å². The van der Waals surface area contributed by atoms with Gasteiger partial charge in [0.2, 0.25) is 0 Å². The molecule has 1 amide bonds. The Labute approximate surface area is 137 Å². The number of aromatic amines is 1. The van der Waals surface area contributed by atoms with Crippen LogP contribution in [0.15, 0.2) is 24.4 Å². The maximum atomic E-state index is 14.0. The van der Waals surface area contributed by atoms with Crippen molar-refractivity contribution in [3.05, 3.63) is 41.6 Å². The molecule has 3 rings (SSSR count). The zero-order valence-corrected chi connectivity index (χ0v) is 13.5. The van der Waals surface area contributed by atoms with E-state index in [4.69, 9.17) is 0 Å². The van der Waals surface area contributed by atoms with Crippen molar-refractivity contribution in [3.8, 4) is 11.3 Å². The van der Waals surface area contributed by atoms with Gasteiger partial charge in [-0.25, -0.2) is 8.78 Å². The highest BCUT2D eigenvalue weighted by molar-refractivity contribution is 7.98. The summed E-state index contributed by atoms with van der Waals surface area (Å²) in [5.41, 5.74) is 0.0610. The van der Waals surface area contributed by atoms with Crippen molar-refractivity contribution in [2.75, 3.05) is 25.1 Å². The van der Waals surface area contributed by atoms with Crippen LogP contribution in [0.2, 0.25) is 0 Å². The van der Waals surface area contributed by atoms with Gasteiger partial charge in [0.05, 0.1) is 23.0 Å². The lowest BCUT2D eigenvalue weighted by molar-refractivity contribution is 0.0789. The quantitative estimate of drug-likeness (QED) is 0.932. The molecular weight excluding hydrogens is 320 g/mol. The summed E-state index contributed by atoms with van der Waals surface area (Å²) >= 11 is 1.76. The molecule has 1 unspecified atom stereocenters. The van der Waals surface area contributed by atoms with E-state index in [0.29, 0.717) is 19.0 Å². The lowest BCUT2D eigenvalue weighted by atomic mass is 10.1. The highest BCUT2D eigenvalue weighted by Gasteiger charge is 2.30. The Hall–Kier alpha value is -1.89. The topological polar surface area (TPSA) is 49.0 Å². The second-order valence-corrected chi connectivity index (χ2v) is 6.53. The fourth-order valence-electron chi connectivity index (χ4n) is 2.93. The summed E-state index contributed by atoms with van der Waals surface area (Å²) in [6.07, 6.45) is 4.33. The number of benzene rings is 1. The Balaban J connectivity index is 1.88. The molecule has 0 spiro atoms. The van der Waals surface area contributed by atoms with Crippen LogP contribution >= 0.6 is 11.8 Å². The highest BCUT2D eigenvalue weighted by Crippen LogP contribution is 2.29. The minimum atomic E-state index is -0.718. The van der Waals surface area contributed by atoms with Gasteiger partial charge in [0, 0.05) is 13.1 Å². The summed E-state index contributed by atoms with van der Waals surface area (Å²) in [5.74, 6) is -0.200. The first-order valence-corrected chi connectivity index (χ1v) is 8.77. The molecule has 2 aromatic rings. The molecule has 7 heteroatoms. The number of carbonyl (C=O) groups excluding carboxylic acids is 1. The second kappa shape index (κ2) is 6.70. The predicted molar refractivity (Wildman–Crippen MR) is 86.3 cm³/mol. The molecule has 2 heterocycles. The zero-order valence-electron chi connectivity index (χ0n) is 12.7. The van der Waals surface area contributed by atoms with Gasteiger partial charge in [-0.2, -0.15) is 16.9 Å². The minimum Gasteiger partial charge on any atom is -0.338 e. The summed E-state index contributed by atoms with van der Waals surface area (Å²) in [7, 11) is 0. The zero-order chi connectivity index (χ0) is 16.4. The standard InChI is InChI=1S/C16H17F2N3OS/c1-23-9-10-5-6-21(8-10)16(22)11-7-19-20-15(11)14-12(17)3-2-4-13(14)18/h2-4,7,10H,5-6,8-9H2,1H3,(H,19,20). The number of rotatable bonds is 4. The van der Waals surface area contributed by atoms with Crippen molar-refractivity contribution >= 4 is 17.7 Å². The van der Waals surface area contributed by atoms with E-state index in [0.717, 1.165) is 24.3 Å². The number of nitrogens with zero attached hydrogens (tertiary/aromatic N) is 2. The van der Waals surface area contributed by atoms with Crippen LogP contribution in [0.25, 0.3) is 11.3 Å². The van der Waals surface area contributed by atoms with Gasteiger partial charge < -0.3 is 4.90 Å². The van der Waals surface area contributed by atoms with Gasteiger partial charge in [-0.3, -0.25) is 9.89 Å². The van der Waals surface area contributed by atoms with Crippen LogP contribution in [0, 0.1) is 17.6 Å². The fourth-order valence-corrected chi connectivity index (χ4v) is 3.68. The van der Waals surface area contributed by atoms with Crippen molar-refractivity contribution in [3.63, 3.8) is 0 Å². The minimum absolute atomic E-state index is 0.0962. The van der Waals surface area contributed by atoms with Crippen molar-refractivity contribution < 1.29 is 13.6 Å². The average Bonchev–Trinajstić information content (AvgIpc) is 3.16. The normalized spacial score (nSPS) is 17.7. The van der Waals surface area contributed by atoms with E-state index < -0.39 is 11.6 Å². The van der Waals surface area contributed by atoms with Crippen LogP contribution in [-0.4, -0.2) is 46.1 Å². The molecule has 4 nitrogen and oxygen atoms in total. The first-order valence-electron chi connectivity index (χ1n) is 7.37. The molecule has 0 bridgehead atoms. The molecule has 23 heavy (non-hydrogen) atoms. The fraction of sp³-hybridized carbons (Fsp3) is 0.375. The molecule has 0 radical (unpaired) electrons. The number of carbonyl (C=O) groups is 1. The maximum absolute atomic E-state index is 14.0. The molecule has 1 fully saturated rings. The first-order chi connectivity index (χ1) is 11.1. The third-order valence-corrected chi connectivity index (χ3v) is 4.86. The van der Waals surface area contributed by atoms with E-state index >= 15 is 0 Å².